The van der Waals surface area contributed by atoms with Crippen molar-refractivity contribution in [3.8, 4) is 0 Å². The first kappa shape index (κ1) is 14.1. The van der Waals surface area contributed by atoms with Gasteiger partial charge in [-0.2, -0.15) is 0 Å². The van der Waals surface area contributed by atoms with E-state index in [1.54, 1.807) is 25.1 Å². The molecule has 19 heavy (non-hydrogen) atoms. The van der Waals surface area contributed by atoms with E-state index in [1.165, 1.54) is 0 Å². The first-order valence-corrected chi connectivity index (χ1v) is 6.39. The lowest BCUT2D eigenvalue weighted by molar-refractivity contribution is 0.600. The number of hydrogen-bond acceptors (Lipinski definition) is 1. The molecule has 0 amide bonds. The van der Waals surface area contributed by atoms with E-state index in [4.69, 9.17) is 23.2 Å². The number of benzene rings is 2. The van der Waals surface area contributed by atoms with Crippen LogP contribution in [0.25, 0.3) is 0 Å². The summed E-state index contributed by atoms with van der Waals surface area (Å²) in [5.41, 5.74) is 0.807. The van der Waals surface area contributed by atoms with Crippen LogP contribution in [0, 0.1) is 11.6 Å². The summed E-state index contributed by atoms with van der Waals surface area (Å²) >= 11 is 12.0. The molecule has 2 rings (SSSR count). The molecule has 0 saturated heterocycles. The fourth-order valence-corrected chi connectivity index (χ4v) is 2.23. The van der Waals surface area contributed by atoms with Crippen LogP contribution in [-0.2, 0) is 0 Å². The number of nitrogens with one attached hydrogen (secondary N) is 1. The molecule has 0 fully saturated rings. The second-order valence-corrected chi connectivity index (χ2v) is 5.00. The summed E-state index contributed by atoms with van der Waals surface area (Å²) in [7, 11) is 0. The number of halogens is 4. The lowest BCUT2D eigenvalue weighted by atomic mass is 10.1. The van der Waals surface area contributed by atoms with Gasteiger partial charge in [-0.25, -0.2) is 8.78 Å². The molecule has 0 aromatic heterocycles. The van der Waals surface area contributed by atoms with Crippen molar-refractivity contribution in [2.75, 3.05) is 5.32 Å². The molecule has 5 heteroatoms. The van der Waals surface area contributed by atoms with Gasteiger partial charge in [0, 0.05) is 10.0 Å². The van der Waals surface area contributed by atoms with Crippen LogP contribution in [0.1, 0.15) is 18.5 Å². The molecule has 100 valence electrons. The lowest BCUT2D eigenvalue weighted by Gasteiger charge is -2.17. The van der Waals surface area contributed by atoms with E-state index in [1.807, 2.05) is 0 Å². The summed E-state index contributed by atoms with van der Waals surface area (Å²) in [4.78, 5) is 0. The molecule has 1 nitrogen and oxygen atoms in total. The highest BCUT2D eigenvalue weighted by atomic mass is 35.5. The Labute approximate surface area is 120 Å². The molecule has 0 aliphatic carbocycles. The van der Waals surface area contributed by atoms with E-state index in [2.05, 4.69) is 5.32 Å². The molecule has 0 aliphatic rings. The average Bonchev–Trinajstić information content (AvgIpc) is 2.36. The van der Waals surface area contributed by atoms with Crippen LogP contribution in [0.3, 0.4) is 0 Å². The Hall–Kier alpha value is -1.32. The van der Waals surface area contributed by atoms with Crippen LogP contribution < -0.4 is 5.32 Å². The van der Waals surface area contributed by atoms with Crippen LogP contribution in [-0.4, -0.2) is 0 Å². The van der Waals surface area contributed by atoms with Gasteiger partial charge >= 0.3 is 0 Å². The summed E-state index contributed by atoms with van der Waals surface area (Å²) in [6.45, 7) is 1.79. The molecule has 1 unspecified atom stereocenters. The highest BCUT2D eigenvalue weighted by molar-refractivity contribution is 6.33. The molecule has 0 heterocycles. The molecule has 1 atom stereocenters. The Morgan fingerprint density at radius 3 is 2.53 bits per heavy atom. The third-order valence-electron chi connectivity index (χ3n) is 2.72. The fourth-order valence-electron chi connectivity index (χ4n) is 1.77. The Kier molecular flexibility index (Phi) is 4.27. The molecular formula is C14H11Cl2F2N. The summed E-state index contributed by atoms with van der Waals surface area (Å²) in [6.07, 6.45) is 0. The quantitative estimate of drug-likeness (QED) is 0.795. The van der Waals surface area contributed by atoms with Crippen molar-refractivity contribution < 1.29 is 8.78 Å². The van der Waals surface area contributed by atoms with Gasteiger partial charge < -0.3 is 5.32 Å². The van der Waals surface area contributed by atoms with Crippen LogP contribution in [0.4, 0.5) is 14.5 Å². The maximum atomic E-state index is 13.5. The van der Waals surface area contributed by atoms with E-state index in [0.717, 1.165) is 23.8 Å². The average molecular weight is 302 g/mol. The van der Waals surface area contributed by atoms with E-state index < -0.39 is 11.6 Å². The Balaban J connectivity index is 2.27. The molecule has 0 saturated carbocycles. The second-order valence-electron chi connectivity index (χ2n) is 4.16. The zero-order valence-corrected chi connectivity index (χ0v) is 11.6. The van der Waals surface area contributed by atoms with Crippen molar-refractivity contribution in [1.29, 1.82) is 0 Å². The summed E-state index contributed by atoms with van der Waals surface area (Å²) in [6, 6.07) is 7.97. The lowest BCUT2D eigenvalue weighted by Crippen LogP contribution is -2.08. The van der Waals surface area contributed by atoms with Gasteiger partial charge in [0.1, 0.15) is 11.6 Å². The summed E-state index contributed by atoms with van der Waals surface area (Å²) < 4.78 is 26.6. The standard InChI is InChI=1S/C14H11Cl2F2N/c1-8(11-6-9(15)2-4-12(11)16)19-14-7-10(17)3-5-13(14)18/h2-8,19H,1H3. The summed E-state index contributed by atoms with van der Waals surface area (Å²) in [5.74, 6) is -1.03. The van der Waals surface area contributed by atoms with Crippen molar-refractivity contribution in [1.82, 2.24) is 0 Å². The van der Waals surface area contributed by atoms with E-state index in [9.17, 15) is 8.78 Å². The van der Waals surface area contributed by atoms with Crippen LogP contribution in [0.15, 0.2) is 36.4 Å². The maximum absolute atomic E-state index is 13.5. The predicted molar refractivity (Wildman–Crippen MR) is 74.9 cm³/mol. The Morgan fingerprint density at radius 1 is 1.05 bits per heavy atom. The van der Waals surface area contributed by atoms with Crippen LogP contribution in [0.2, 0.25) is 10.0 Å². The highest BCUT2D eigenvalue weighted by Crippen LogP contribution is 2.29. The largest absolute Gasteiger partial charge is 0.376 e. The van der Waals surface area contributed by atoms with Crippen molar-refractivity contribution in [3.05, 3.63) is 63.6 Å². The monoisotopic (exact) mass is 301 g/mol. The molecule has 0 spiro atoms. The zero-order valence-electron chi connectivity index (χ0n) is 10.1. The number of rotatable bonds is 3. The van der Waals surface area contributed by atoms with Gasteiger partial charge in [-0.1, -0.05) is 23.2 Å². The van der Waals surface area contributed by atoms with Crippen LogP contribution in [0.5, 0.6) is 0 Å². The number of hydrogen-bond donors (Lipinski definition) is 1. The van der Waals surface area contributed by atoms with Gasteiger partial charge in [0.25, 0.3) is 0 Å². The first-order valence-electron chi connectivity index (χ1n) is 5.64. The van der Waals surface area contributed by atoms with Crippen LogP contribution >= 0.6 is 23.2 Å². The molecule has 0 radical (unpaired) electrons. The fraction of sp³-hybridized carbons (Fsp3) is 0.143. The van der Waals surface area contributed by atoms with Gasteiger partial charge in [0.2, 0.25) is 0 Å². The molecule has 2 aromatic carbocycles. The first-order chi connectivity index (χ1) is 8.97. The minimum Gasteiger partial charge on any atom is -0.376 e. The number of anilines is 1. The molecule has 2 aromatic rings. The van der Waals surface area contributed by atoms with Crippen molar-refractivity contribution in [3.63, 3.8) is 0 Å². The highest BCUT2D eigenvalue weighted by Gasteiger charge is 2.12. The second kappa shape index (κ2) is 5.76. The van der Waals surface area contributed by atoms with E-state index in [-0.39, 0.29) is 11.7 Å². The predicted octanol–water partition coefficient (Wildman–Crippen LogP) is 5.44. The molecular weight excluding hydrogens is 291 g/mol. The minimum absolute atomic E-state index is 0.0866. The topological polar surface area (TPSA) is 12.0 Å². The Bertz CT molecular complexity index is 602. The minimum atomic E-state index is -0.522. The normalized spacial score (nSPS) is 12.3. The Morgan fingerprint density at radius 2 is 1.79 bits per heavy atom. The molecule has 0 aliphatic heterocycles. The van der Waals surface area contributed by atoms with Gasteiger partial charge in [-0.3, -0.25) is 0 Å². The molecule has 0 bridgehead atoms. The van der Waals surface area contributed by atoms with Gasteiger partial charge in [-0.15, -0.1) is 0 Å². The van der Waals surface area contributed by atoms with E-state index >= 15 is 0 Å². The third-order valence-corrected chi connectivity index (χ3v) is 3.30. The van der Waals surface area contributed by atoms with E-state index in [0.29, 0.717) is 10.0 Å². The van der Waals surface area contributed by atoms with Gasteiger partial charge in [0.15, 0.2) is 0 Å². The smallest absolute Gasteiger partial charge is 0.146 e. The van der Waals surface area contributed by atoms with Crippen molar-refractivity contribution in [2.45, 2.75) is 13.0 Å². The van der Waals surface area contributed by atoms with Gasteiger partial charge in [-0.05, 0) is 48.9 Å². The zero-order chi connectivity index (χ0) is 14.0. The van der Waals surface area contributed by atoms with Crippen molar-refractivity contribution >= 4 is 28.9 Å². The third kappa shape index (κ3) is 3.37. The summed E-state index contributed by atoms with van der Waals surface area (Å²) in [5, 5.41) is 3.93. The van der Waals surface area contributed by atoms with Crippen molar-refractivity contribution in [2.24, 2.45) is 0 Å². The maximum Gasteiger partial charge on any atom is 0.146 e. The van der Waals surface area contributed by atoms with Gasteiger partial charge in [0.05, 0.1) is 11.7 Å². The SMILES string of the molecule is CC(Nc1cc(F)ccc1F)c1cc(Cl)ccc1Cl. The molecule has 1 N–H and O–H groups in total.